The number of terminal acetylenes is 1. The SMILES string of the molecule is C#CN=C(N)N. The molecule has 0 spiro atoms. The second-order valence-corrected chi connectivity index (χ2v) is 0.666. The number of guanidine groups is 1. The molecule has 3 heteroatoms. The van der Waals surface area contributed by atoms with Crippen LogP contribution in [-0.2, 0) is 0 Å². The van der Waals surface area contributed by atoms with Gasteiger partial charge in [0.25, 0.3) is 0 Å². The Labute approximate surface area is 36.0 Å². The van der Waals surface area contributed by atoms with E-state index in [1.807, 2.05) is 6.04 Å². The van der Waals surface area contributed by atoms with Crippen LogP contribution in [0.15, 0.2) is 4.99 Å². The van der Waals surface area contributed by atoms with Crippen molar-refractivity contribution in [2.24, 2.45) is 16.5 Å². The summed E-state index contributed by atoms with van der Waals surface area (Å²) in [6, 6.07) is 1.91. The molecule has 0 aliphatic heterocycles. The zero-order chi connectivity index (χ0) is 4.99. The van der Waals surface area contributed by atoms with Crippen LogP contribution in [0.2, 0.25) is 0 Å². The van der Waals surface area contributed by atoms with E-state index < -0.39 is 0 Å². The Morgan fingerprint density at radius 2 is 2.17 bits per heavy atom. The third-order valence-corrected chi connectivity index (χ3v) is 0.194. The van der Waals surface area contributed by atoms with E-state index in [0.717, 1.165) is 0 Å². The van der Waals surface area contributed by atoms with E-state index in [4.69, 9.17) is 11.5 Å². The fourth-order valence-electron chi connectivity index (χ4n) is 0.0745. The smallest absolute Gasteiger partial charge is 0.199 e. The van der Waals surface area contributed by atoms with Gasteiger partial charge in [-0.3, -0.25) is 0 Å². The van der Waals surface area contributed by atoms with Gasteiger partial charge in [-0.2, -0.15) is 4.99 Å². The lowest BCUT2D eigenvalue weighted by atomic mass is 11.0. The molecule has 0 heterocycles. The molecule has 3 nitrogen and oxygen atoms in total. The van der Waals surface area contributed by atoms with Crippen molar-refractivity contribution >= 4 is 5.96 Å². The van der Waals surface area contributed by atoms with Crippen LogP contribution >= 0.6 is 0 Å². The Bertz CT molecular complexity index is 93.1. The molecule has 0 radical (unpaired) electrons. The van der Waals surface area contributed by atoms with Crippen LogP contribution in [-0.4, -0.2) is 5.96 Å². The third-order valence-electron chi connectivity index (χ3n) is 0.194. The van der Waals surface area contributed by atoms with Gasteiger partial charge in [-0.05, 0) is 0 Å². The summed E-state index contributed by atoms with van der Waals surface area (Å²) in [5.41, 5.74) is 9.58. The zero-order valence-electron chi connectivity index (χ0n) is 3.18. The summed E-state index contributed by atoms with van der Waals surface area (Å²) in [7, 11) is 0. The molecular weight excluding hydrogens is 78.1 g/mol. The molecule has 4 N–H and O–H groups in total. The van der Waals surface area contributed by atoms with Crippen LogP contribution in [0, 0.1) is 12.5 Å². The average molecular weight is 83.1 g/mol. The first kappa shape index (κ1) is 4.83. The molecule has 0 rings (SSSR count). The van der Waals surface area contributed by atoms with Crippen LogP contribution in [0.4, 0.5) is 0 Å². The molecule has 0 saturated heterocycles. The van der Waals surface area contributed by atoms with Crippen molar-refractivity contribution in [3.8, 4) is 12.5 Å². The lowest BCUT2D eigenvalue weighted by Gasteiger charge is -1.76. The quantitative estimate of drug-likeness (QED) is 0.220. The Morgan fingerprint density at radius 1 is 1.67 bits per heavy atom. The molecule has 0 atom stereocenters. The first-order valence-corrected chi connectivity index (χ1v) is 1.31. The Kier molecular flexibility index (Phi) is 1.68. The van der Waals surface area contributed by atoms with Crippen molar-refractivity contribution in [3.05, 3.63) is 0 Å². The Morgan fingerprint density at radius 3 is 2.17 bits per heavy atom. The summed E-state index contributed by atoms with van der Waals surface area (Å²) in [5.74, 6) is -0.0718. The molecule has 0 aromatic heterocycles. The molecular formula is C3H5N3. The maximum absolute atomic E-state index is 4.79. The van der Waals surface area contributed by atoms with Gasteiger partial charge in [-0.25, -0.2) is 0 Å². The molecule has 0 fully saturated rings. The molecule has 0 unspecified atom stereocenters. The van der Waals surface area contributed by atoms with Gasteiger partial charge in [-0.15, -0.1) is 0 Å². The summed E-state index contributed by atoms with van der Waals surface area (Å²) < 4.78 is 0. The average Bonchev–Trinajstić information content (AvgIpc) is 1.35. The van der Waals surface area contributed by atoms with E-state index in [9.17, 15) is 0 Å². The van der Waals surface area contributed by atoms with Crippen LogP contribution in [0.3, 0.4) is 0 Å². The van der Waals surface area contributed by atoms with Gasteiger partial charge in [0.15, 0.2) is 5.96 Å². The predicted octanol–water partition coefficient (Wildman–Crippen LogP) is -1.15. The van der Waals surface area contributed by atoms with Crippen LogP contribution < -0.4 is 11.5 Å². The minimum Gasteiger partial charge on any atom is -0.369 e. The van der Waals surface area contributed by atoms with E-state index in [1.54, 1.807) is 0 Å². The van der Waals surface area contributed by atoms with Crippen molar-refractivity contribution < 1.29 is 0 Å². The predicted molar refractivity (Wildman–Crippen MR) is 24.6 cm³/mol. The first-order valence-electron chi connectivity index (χ1n) is 1.31. The highest BCUT2D eigenvalue weighted by molar-refractivity contribution is 5.76. The van der Waals surface area contributed by atoms with Crippen molar-refractivity contribution in [3.63, 3.8) is 0 Å². The fourth-order valence-corrected chi connectivity index (χ4v) is 0.0745. The van der Waals surface area contributed by atoms with E-state index in [2.05, 4.69) is 11.4 Å². The molecule has 0 aromatic carbocycles. The van der Waals surface area contributed by atoms with Gasteiger partial charge in [0, 0.05) is 6.04 Å². The van der Waals surface area contributed by atoms with Crippen molar-refractivity contribution in [1.29, 1.82) is 0 Å². The number of nitrogens with two attached hydrogens (primary N) is 2. The third kappa shape index (κ3) is 2.83. The maximum atomic E-state index is 4.79. The summed E-state index contributed by atoms with van der Waals surface area (Å²) in [4.78, 5) is 3.12. The normalized spacial score (nSPS) is 5.83. The minimum absolute atomic E-state index is 0.0718. The topological polar surface area (TPSA) is 64.4 Å². The van der Waals surface area contributed by atoms with Gasteiger partial charge in [0.1, 0.15) is 0 Å². The number of aliphatic imine (C=N–C) groups is 1. The van der Waals surface area contributed by atoms with Gasteiger partial charge < -0.3 is 11.5 Å². The summed E-state index contributed by atoms with van der Waals surface area (Å²) in [6.45, 7) is 0. The highest BCUT2D eigenvalue weighted by Gasteiger charge is 1.65. The van der Waals surface area contributed by atoms with Crippen molar-refractivity contribution in [2.45, 2.75) is 0 Å². The van der Waals surface area contributed by atoms with Crippen LogP contribution in [0.1, 0.15) is 0 Å². The van der Waals surface area contributed by atoms with Gasteiger partial charge in [0.2, 0.25) is 0 Å². The highest BCUT2D eigenvalue weighted by atomic mass is 15.0. The fraction of sp³-hybridized carbons (Fsp3) is 0. The summed E-state index contributed by atoms with van der Waals surface area (Å²) in [6.07, 6.45) is 4.63. The lowest BCUT2D eigenvalue weighted by molar-refractivity contribution is 1.48. The maximum Gasteiger partial charge on any atom is 0.199 e. The Balaban J connectivity index is 3.51. The minimum atomic E-state index is -0.0718. The van der Waals surface area contributed by atoms with E-state index >= 15 is 0 Å². The largest absolute Gasteiger partial charge is 0.369 e. The van der Waals surface area contributed by atoms with Crippen molar-refractivity contribution in [2.75, 3.05) is 0 Å². The summed E-state index contributed by atoms with van der Waals surface area (Å²) in [5, 5.41) is 0. The van der Waals surface area contributed by atoms with Gasteiger partial charge >= 0.3 is 0 Å². The van der Waals surface area contributed by atoms with Crippen LogP contribution in [0.5, 0.6) is 0 Å². The molecule has 32 valence electrons. The molecule has 0 bridgehead atoms. The first-order chi connectivity index (χ1) is 2.77. The van der Waals surface area contributed by atoms with E-state index in [0.29, 0.717) is 0 Å². The molecule has 0 aliphatic rings. The van der Waals surface area contributed by atoms with Crippen LogP contribution in [0.25, 0.3) is 0 Å². The zero-order valence-corrected chi connectivity index (χ0v) is 3.18. The van der Waals surface area contributed by atoms with Gasteiger partial charge in [-0.1, -0.05) is 6.42 Å². The lowest BCUT2D eigenvalue weighted by Crippen LogP contribution is -2.21. The number of hydrogen-bond donors (Lipinski definition) is 2. The van der Waals surface area contributed by atoms with Crippen molar-refractivity contribution in [1.82, 2.24) is 0 Å². The second-order valence-electron chi connectivity index (χ2n) is 0.666. The number of nitrogens with zero attached hydrogens (tertiary/aromatic N) is 1. The van der Waals surface area contributed by atoms with E-state index in [-0.39, 0.29) is 5.96 Å². The number of rotatable bonds is 0. The summed E-state index contributed by atoms with van der Waals surface area (Å²) >= 11 is 0. The molecule has 0 aliphatic carbocycles. The molecule has 0 saturated carbocycles. The highest BCUT2D eigenvalue weighted by Crippen LogP contribution is 1.49. The van der Waals surface area contributed by atoms with Gasteiger partial charge in [0.05, 0.1) is 0 Å². The molecule has 0 amide bonds. The standard InChI is InChI=1S/C3H5N3/c1-2-6-3(4)5/h1H,(H4,4,5,6). The monoisotopic (exact) mass is 83.0 g/mol. The molecule has 0 aromatic rings. The second kappa shape index (κ2) is 2.09. The van der Waals surface area contributed by atoms with E-state index in [1.165, 1.54) is 0 Å². The Hall–Kier alpha value is -1.17. The molecule has 6 heavy (non-hydrogen) atoms. The number of hydrogen-bond acceptors (Lipinski definition) is 1.